The zero-order chi connectivity index (χ0) is 12.1. The van der Waals surface area contributed by atoms with Crippen LogP contribution in [-0.4, -0.2) is 30.3 Å². The van der Waals surface area contributed by atoms with Crippen molar-refractivity contribution in [3.8, 4) is 0 Å². The SMILES string of the molecule is CCC1CCN(CC(=O)c2ccccc2)CC1. The molecule has 0 saturated carbocycles. The summed E-state index contributed by atoms with van der Waals surface area (Å²) in [5.74, 6) is 1.12. The minimum atomic E-state index is 0.251. The number of piperidine rings is 1. The molecular weight excluding hydrogens is 210 g/mol. The van der Waals surface area contributed by atoms with E-state index in [4.69, 9.17) is 0 Å². The third kappa shape index (κ3) is 3.40. The van der Waals surface area contributed by atoms with Gasteiger partial charge in [-0.2, -0.15) is 0 Å². The number of Topliss-reactive ketones (excluding diaryl/α,β-unsaturated/α-hetero) is 1. The number of carbonyl (C=O) groups is 1. The second-order valence-electron chi connectivity index (χ2n) is 4.92. The van der Waals surface area contributed by atoms with Crippen LogP contribution in [0.5, 0.6) is 0 Å². The lowest BCUT2D eigenvalue weighted by Crippen LogP contribution is -2.37. The topological polar surface area (TPSA) is 20.3 Å². The van der Waals surface area contributed by atoms with Crippen molar-refractivity contribution < 1.29 is 4.79 Å². The molecule has 1 fully saturated rings. The molecule has 0 radical (unpaired) electrons. The van der Waals surface area contributed by atoms with Gasteiger partial charge in [0.1, 0.15) is 0 Å². The molecule has 17 heavy (non-hydrogen) atoms. The lowest BCUT2D eigenvalue weighted by molar-refractivity contribution is 0.0894. The van der Waals surface area contributed by atoms with Gasteiger partial charge in [-0.1, -0.05) is 43.7 Å². The Kier molecular flexibility index (Phi) is 4.32. The molecule has 0 N–H and O–H groups in total. The average molecular weight is 231 g/mol. The molecule has 1 aromatic rings. The first-order valence-corrected chi connectivity index (χ1v) is 6.60. The Balaban J connectivity index is 1.84. The molecule has 0 unspecified atom stereocenters. The first-order chi connectivity index (χ1) is 8.29. The summed E-state index contributed by atoms with van der Waals surface area (Å²) in [4.78, 5) is 14.3. The third-order valence-electron chi connectivity index (χ3n) is 3.75. The van der Waals surface area contributed by atoms with Gasteiger partial charge in [0, 0.05) is 5.56 Å². The van der Waals surface area contributed by atoms with Crippen LogP contribution in [0, 0.1) is 5.92 Å². The van der Waals surface area contributed by atoms with E-state index in [0.717, 1.165) is 24.6 Å². The minimum absolute atomic E-state index is 0.251. The second kappa shape index (κ2) is 5.97. The molecule has 2 nitrogen and oxygen atoms in total. The van der Waals surface area contributed by atoms with Gasteiger partial charge in [0.05, 0.1) is 6.54 Å². The highest BCUT2D eigenvalue weighted by atomic mass is 16.1. The molecule has 0 spiro atoms. The number of rotatable bonds is 4. The molecule has 92 valence electrons. The Morgan fingerprint density at radius 3 is 2.47 bits per heavy atom. The normalized spacial score (nSPS) is 18.2. The summed E-state index contributed by atoms with van der Waals surface area (Å²) >= 11 is 0. The van der Waals surface area contributed by atoms with Gasteiger partial charge in [-0.05, 0) is 31.8 Å². The van der Waals surface area contributed by atoms with Crippen LogP contribution in [0.2, 0.25) is 0 Å². The summed E-state index contributed by atoms with van der Waals surface area (Å²) in [6.45, 7) is 5.00. The first-order valence-electron chi connectivity index (χ1n) is 6.60. The Hall–Kier alpha value is -1.15. The fraction of sp³-hybridized carbons (Fsp3) is 0.533. The average Bonchev–Trinajstić information content (AvgIpc) is 2.40. The highest BCUT2D eigenvalue weighted by molar-refractivity contribution is 5.97. The van der Waals surface area contributed by atoms with Crippen molar-refractivity contribution in [1.29, 1.82) is 0 Å². The summed E-state index contributed by atoms with van der Waals surface area (Å²) < 4.78 is 0. The van der Waals surface area contributed by atoms with Crippen LogP contribution >= 0.6 is 0 Å². The largest absolute Gasteiger partial charge is 0.296 e. The van der Waals surface area contributed by atoms with Gasteiger partial charge in [-0.25, -0.2) is 0 Å². The van der Waals surface area contributed by atoms with E-state index < -0.39 is 0 Å². The van der Waals surface area contributed by atoms with Gasteiger partial charge in [-0.15, -0.1) is 0 Å². The van der Waals surface area contributed by atoms with E-state index in [2.05, 4.69) is 11.8 Å². The Bertz CT molecular complexity index is 352. The van der Waals surface area contributed by atoms with Crippen molar-refractivity contribution in [3.63, 3.8) is 0 Å². The van der Waals surface area contributed by atoms with Crippen LogP contribution in [0.15, 0.2) is 30.3 Å². The van der Waals surface area contributed by atoms with Crippen LogP contribution < -0.4 is 0 Å². The molecule has 0 atom stereocenters. The number of carbonyl (C=O) groups excluding carboxylic acids is 1. The van der Waals surface area contributed by atoms with Crippen LogP contribution in [-0.2, 0) is 0 Å². The summed E-state index contributed by atoms with van der Waals surface area (Å²) in [5, 5.41) is 0. The predicted molar refractivity (Wildman–Crippen MR) is 70.2 cm³/mol. The van der Waals surface area contributed by atoms with Gasteiger partial charge in [0.25, 0.3) is 0 Å². The number of hydrogen-bond acceptors (Lipinski definition) is 2. The molecule has 1 aliphatic rings. The molecular formula is C15H21NO. The van der Waals surface area contributed by atoms with Gasteiger partial charge in [-0.3, -0.25) is 9.69 Å². The zero-order valence-electron chi connectivity index (χ0n) is 10.6. The van der Waals surface area contributed by atoms with Crippen molar-refractivity contribution in [2.75, 3.05) is 19.6 Å². The van der Waals surface area contributed by atoms with Crippen LogP contribution in [0.1, 0.15) is 36.5 Å². The number of hydrogen-bond donors (Lipinski definition) is 0. The van der Waals surface area contributed by atoms with Gasteiger partial charge < -0.3 is 0 Å². The molecule has 2 rings (SSSR count). The standard InChI is InChI=1S/C15H21NO/c1-2-13-8-10-16(11-9-13)12-15(17)14-6-4-3-5-7-14/h3-7,13H,2,8-12H2,1H3. The fourth-order valence-corrected chi connectivity index (χ4v) is 2.47. The smallest absolute Gasteiger partial charge is 0.176 e. The molecule has 0 bridgehead atoms. The van der Waals surface area contributed by atoms with E-state index in [9.17, 15) is 4.79 Å². The van der Waals surface area contributed by atoms with Gasteiger partial charge in [0.2, 0.25) is 0 Å². The van der Waals surface area contributed by atoms with Crippen molar-refractivity contribution in [2.45, 2.75) is 26.2 Å². The van der Waals surface area contributed by atoms with E-state index in [1.54, 1.807) is 0 Å². The number of nitrogens with zero attached hydrogens (tertiary/aromatic N) is 1. The maximum Gasteiger partial charge on any atom is 0.176 e. The fourth-order valence-electron chi connectivity index (χ4n) is 2.47. The van der Waals surface area contributed by atoms with E-state index in [0.29, 0.717) is 6.54 Å². The zero-order valence-corrected chi connectivity index (χ0v) is 10.6. The highest BCUT2D eigenvalue weighted by Gasteiger charge is 2.19. The predicted octanol–water partition coefficient (Wildman–Crippen LogP) is 2.99. The molecule has 1 saturated heterocycles. The van der Waals surface area contributed by atoms with Crippen LogP contribution in [0.3, 0.4) is 0 Å². The third-order valence-corrected chi connectivity index (χ3v) is 3.75. The number of likely N-dealkylation sites (tertiary alicyclic amines) is 1. The highest BCUT2D eigenvalue weighted by Crippen LogP contribution is 2.19. The Labute approximate surface area is 104 Å². The maximum absolute atomic E-state index is 12.0. The van der Waals surface area contributed by atoms with Gasteiger partial charge >= 0.3 is 0 Å². The second-order valence-corrected chi connectivity index (χ2v) is 4.92. The van der Waals surface area contributed by atoms with Crippen molar-refractivity contribution in [3.05, 3.63) is 35.9 Å². The lowest BCUT2D eigenvalue weighted by atomic mass is 9.94. The summed E-state index contributed by atoms with van der Waals surface area (Å²) in [7, 11) is 0. The maximum atomic E-state index is 12.0. The van der Waals surface area contributed by atoms with E-state index in [-0.39, 0.29) is 5.78 Å². The molecule has 1 aromatic carbocycles. The van der Waals surface area contributed by atoms with Gasteiger partial charge in [0.15, 0.2) is 5.78 Å². The molecule has 2 heteroatoms. The van der Waals surface area contributed by atoms with Crippen LogP contribution in [0.25, 0.3) is 0 Å². The van der Waals surface area contributed by atoms with Crippen molar-refractivity contribution in [2.24, 2.45) is 5.92 Å². The summed E-state index contributed by atoms with van der Waals surface area (Å²) in [6, 6.07) is 9.61. The molecule has 0 amide bonds. The van der Waals surface area contributed by atoms with Crippen LogP contribution in [0.4, 0.5) is 0 Å². The molecule has 0 aliphatic carbocycles. The number of benzene rings is 1. The Morgan fingerprint density at radius 2 is 1.88 bits per heavy atom. The van der Waals surface area contributed by atoms with Crippen molar-refractivity contribution in [1.82, 2.24) is 4.90 Å². The minimum Gasteiger partial charge on any atom is -0.296 e. The Morgan fingerprint density at radius 1 is 1.24 bits per heavy atom. The lowest BCUT2D eigenvalue weighted by Gasteiger charge is -2.30. The molecule has 1 aliphatic heterocycles. The monoisotopic (exact) mass is 231 g/mol. The molecule has 0 aromatic heterocycles. The molecule has 1 heterocycles. The van der Waals surface area contributed by atoms with E-state index >= 15 is 0 Å². The first kappa shape index (κ1) is 12.3. The summed E-state index contributed by atoms with van der Waals surface area (Å²) in [6.07, 6.45) is 3.78. The van der Waals surface area contributed by atoms with Crippen molar-refractivity contribution >= 4 is 5.78 Å². The summed E-state index contributed by atoms with van der Waals surface area (Å²) in [5.41, 5.74) is 0.838. The van der Waals surface area contributed by atoms with E-state index in [1.807, 2.05) is 30.3 Å². The van der Waals surface area contributed by atoms with E-state index in [1.165, 1.54) is 19.3 Å². The quantitative estimate of drug-likeness (QED) is 0.742. The number of ketones is 1.